The molecule has 6 heteroatoms. The monoisotopic (exact) mass is 256 g/mol. The van der Waals surface area contributed by atoms with Crippen molar-refractivity contribution in [1.29, 1.82) is 0 Å². The Labute approximate surface area is 107 Å². The quantitative estimate of drug-likeness (QED) is 0.595. The molecule has 1 heterocycles. The second-order valence-corrected chi connectivity index (χ2v) is 4.44. The molecule has 0 amide bonds. The molecule has 0 aromatic carbocycles. The molecule has 96 valence electrons. The van der Waals surface area contributed by atoms with E-state index < -0.39 is 0 Å². The summed E-state index contributed by atoms with van der Waals surface area (Å²) in [5, 5.41) is 8.13. The maximum atomic E-state index is 5.64. The highest BCUT2D eigenvalue weighted by molar-refractivity contribution is 7.80. The Balaban J connectivity index is 2.92. The molecule has 1 aromatic heterocycles. The van der Waals surface area contributed by atoms with Crippen molar-refractivity contribution in [2.24, 2.45) is 5.73 Å². The van der Waals surface area contributed by atoms with Crippen molar-refractivity contribution in [2.45, 2.75) is 45.8 Å². The van der Waals surface area contributed by atoms with E-state index in [2.05, 4.69) is 17.2 Å². The summed E-state index contributed by atoms with van der Waals surface area (Å²) in [6.07, 6.45) is 3.30. The van der Waals surface area contributed by atoms with E-state index in [1.54, 1.807) is 7.11 Å². The van der Waals surface area contributed by atoms with E-state index in [0.717, 1.165) is 18.7 Å². The number of aromatic nitrogens is 3. The Kier molecular flexibility index (Phi) is 5.50. The molecule has 1 aromatic rings. The van der Waals surface area contributed by atoms with E-state index in [1.807, 2.05) is 11.6 Å². The second kappa shape index (κ2) is 6.66. The number of nitrogens with zero attached hydrogens (tertiary/aromatic N) is 3. The molecule has 2 N–H and O–H groups in total. The fraction of sp³-hybridized carbons (Fsp3) is 0.727. The summed E-state index contributed by atoms with van der Waals surface area (Å²) in [6, 6.07) is 0. The number of rotatable bonds is 7. The number of hydrogen-bond acceptors (Lipinski definition) is 4. The van der Waals surface area contributed by atoms with Crippen molar-refractivity contribution in [3.8, 4) is 0 Å². The lowest BCUT2D eigenvalue weighted by Crippen LogP contribution is -2.17. The van der Waals surface area contributed by atoms with Crippen LogP contribution in [0.5, 0.6) is 0 Å². The van der Waals surface area contributed by atoms with Gasteiger partial charge in [0.2, 0.25) is 0 Å². The van der Waals surface area contributed by atoms with Crippen LogP contribution >= 0.6 is 12.2 Å². The Morgan fingerprint density at radius 2 is 2.24 bits per heavy atom. The molecular formula is C11H20N4OS. The first-order valence-corrected chi connectivity index (χ1v) is 6.28. The smallest absolute Gasteiger partial charge is 0.145 e. The molecule has 0 saturated heterocycles. The van der Waals surface area contributed by atoms with Gasteiger partial charge in [0.1, 0.15) is 10.7 Å². The summed E-state index contributed by atoms with van der Waals surface area (Å²) in [5.74, 6) is 0. The average molecular weight is 256 g/mol. The molecule has 0 bridgehead atoms. The van der Waals surface area contributed by atoms with Crippen molar-refractivity contribution < 1.29 is 4.74 Å². The average Bonchev–Trinajstić information content (AvgIpc) is 2.72. The van der Waals surface area contributed by atoms with Gasteiger partial charge in [-0.15, -0.1) is 5.10 Å². The normalized spacial score (nSPS) is 12.6. The van der Waals surface area contributed by atoms with Crippen molar-refractivity contribution in [3.05, 3.63) is 11.4 Å². The molecule has 1 rings (SSSR count). The van der Waals surface area contributed by atoms with Crippen LogP contribution < -0.4 is 5.73 Å². The fourth-order valence-electron chi connectivity index (χ4n) is 1.69. The number of ether oxygens (including phenoxy) is 1. The van der Waals surface area contributed by atoms with Crippen LogP contribution in [0.25, 0.3) is 0 Å². The lowest BCUT2D eigenvalue weighted by atomic mass is 10.2. The molecule has 1 unspecified atom stereocenters. The van der Waals surface area contributed by atoms with Gasteiger partial charge in [-0.1, -0.05) is 37.2 Å². The van der Waals surface area contributed by atoms with Gasteiger partial charge >= 0.3 is 0 Å². The predicted molar refractivity (Wildman–Crippen MR) is 70.9 cm³/mol. The molecule has 0 aliphatic carbocycles. The zero-order chi connectivity index (χ0) is 12.8. The van der Waals surface area contributed by atoms with Gasteiger partial charge in [-0.3, -0.25) is 0 Å². The van der Waals surface area contributed by atoms with Gasteiger partial charge in [0.15, 0.2) is 0 Å². The van der Waals surface area contributed by atoms with Crippen LogP contribution in [0.4, 0.5) is 0 Å². The van der Waals surface area contributed by atoms with Crippen LogP contribution in [0.15, 0.2) is 0 Å². The third-order valence-electron chi connectivity index (χ3n) is 2.72. The summed E-state index contributed by atoms with van der Waals surface area (Å²) in [5.41, 5.74) is 7.08. The highest BCUT2D eigenvalue weighted by atomic mass is 32.1. The molecule has 5 nitrogen and oxygen atoms in total. The summed E-state index contributed by atoms with van der Waals surface area (Å²) >= 11 is 4.97. The SMILES string of the molecule is CCCCCn1nnc(C(N)=S)c1C(C)OC. The van der Waals surface area contributed by atoms with Crippen molar-refractivity contribution in [1.82, 2.24) is 15.0 Å². The van der Waals surface area contributed by atoms with E-state index in [-0.39, 0.29) is 11.1 Å². The summed E-state index contributed by atoms with van der Waals surface area (Å²) in [6.45, 7) is 4.93. The van der Waals surface area contributed by atoms with E-state index in [1.165, 1.54) is 12.8 Å². The third kappa shape index (κ3) is 3.47. The number of unbranched alkanes of at least 4 members (excludes halogenated alkanes) is 2. The minimum atomic E-state index is -0.108. The van der Waals surface area contributed by atoms with Crippen molar-refractivity contribution in [3.63, 3.8) is 0 Å². The predicted octanol–water partition coefficient (Wildman–Crippen LogP) is 1.81. The third-order valence-corrected chi connectivity index (χ3v) is 2.91. The molecule has 0 saturated carbocycles. The zero-order valence-electron chi connectivity index (χ0n) is 10.6. The fourth-order valence-corrected chi connectivity index (χ4v) is 1.83. The molecule has 0 fully saturated rings. The largest absolute Gasteiger partial charge is 0.388 e. The van der Waals surface area contributed by atoms with Crippen LogP contribution in [-0.2, 0) is 11.3 Å². The molecule has 0 radical (unpaired) electrons. The van der Waals surface area contributed by atoms with Gasteiger partial charge in [-0.25, -0.2) is 4.68 Å². The van der Waals surface area contributed by atoms with Crippen LogP contribution in [-0.4, -0.2) is 27.1 Å². The highest BCUT2D eigenvalue weighted by Gasteiger charge is 2.20. The Bertz CT molecular complexity index is 378. The standard InChI is InChI=1S/C11H20N4OS/c1-4-5-6-7-15-10(8(2)16-3)9(11(12)17)13-14-15/h8H,4-7H2,1-3H3,(H2,12,17). The first kappa shape index (κ1) is 14.1. The number of nitrogens with two attached hydrogens (primary N) is 1. The minimum Gasteiger partial charge on any atom is -0.388 e. The van der Waals surface area contributed by atoms with Crippen LogP contribution in [0, 0.1) is 0 Å². The molecule has 1 atom stereocenters. The minimum absolute atomic E-state index is 0.108. The Morgan fingerprint density at radius 3 is 2.76 bits per heavy atom. The van der Waals surface area contributed by atoms with Crippen LogP contribution in [0.2, 0.25) is 0 Å². The van der Waals surface area contributed by atoms with Gasteiger partial charge < -0.3 is 10.5 Å². The van der Waals surface area contributed by atoms with Crippen LogP contribution in [0.1, 0.15) is 50.6 Å². The van der Waals surface area contributed by atoms with Crippen LogP contribution in [0.3, 0.4) is 0 Å². The Hall–Kier alpha value is -1.01. The molecular weight excluding hydrogens is 236 g/mol. The second-order valence-electron chi connectivity index (χ2n) is 4.00. The summed E-state index contributed by atoms with van der Waals surface area (Å²) < 4.78 is 7.16. The maximum Gasteiger partial charge on any atom is 0.145 e. The molecule has 0 aliphatic heterocycles. The van der Waals surface area contributed by atoms with Gasteiger partial charge in [0.05, 0.1) is 11.8 Å². The first-order chi connectivity index (χ1) is 8.11. The number of hydrogen-bond donors (Lipinski definition) is 1. The van der Waals surface area contributed by atoms with Gasteiger partial charge in [0, 0.05) is 13.7 Å². The number of thiocarbonyl (C=S) groups is 1. The summed E-state index contributed by atoms with van der Waals surface area (Å²) in [7, 11) is 1.65. The van der Waals surface area contributed by atoms with Gasteiger partial charge in [-0.05, 0) is 13.3 Å². The lowest BCUT2D eigenvalue weighted by Gasteiger charge is -2.13. The summed E-state index contributed by atoms with van der Waals surface area (Å²) in [4.78, 5) is 0.269. The molecule has 0 spiro atoms. The van der Waals surface area contributed by atoms with Crippen molar-refractivity contribution in [2.75, 3.05) is 7.11 Å². The van der Waals surface area contributed by atoms with E-state index in [9.17, 15) is 0 Å². The van der Waals surface area contributed by atoms with E-state index in [4.69, 9.17) is 22.7 Å². The van der Waals surface area contributed by atoms with E-state index >= 15 is 0 Å². The topological polar surface area (TPSA) is 66.0 Å². The van der Waals surface area contributed by atoms with Gasteiger partial charge in [-0.2, -0.15) is 0 Å². The molecule has 17 heavy (non-hydrogen) atoms. The van der Waals surface area contributed by atoms with E-state index in [0.29, 0.717) is 5.69 Å². The molecule has 0 aliphatic rings. The Morgan fingerprint density at radius 1 is 1.53 bits per heavy atom. The first-order valence-electron chi connectivity index (χ1n) is 5.87. The number of methoxy groups -OCH3 is 1. The lowest BCUT2D eigenvalue weighted by molar-refractivity contribution is 0.111. The van der Waals surface area contributed by atoms with Gasteiger partial charge in [0.25, 0.3) is 0 Å². The number of aryl methyl sites for hydroxylation is 1. The maximum absolute atomic E-state index is 5.64. The zero-order valence-corrected chi connectivity index (χ0v) is 11.5. The van der Waals surface area contributed by atoms with Crippen molar-refractivity contribution >= 4 is 17.2 Å². The highest BCUT2D eigenvalue weighted by Crippen LogP contribution is 2.19.